The number of aryl methyl sites for hydroxylation is 1. The molecule has 4 rings (SSSR count). The van der Waals surface area contributed by atoms with E-state index in [1.807, 2.05) is 4.90 Å². The van der Waals surface area contributed by atoms with E-state index in [4.69, 9.17) is 0 Å². The highest BCUT2D eigenvalue weighted by Gasteiger charge is 2.49. The highest BCUT2D eigenvalue weighted by molar-refractivity contribution is 7.91. The third kappa shape index (κ3) is 3.27. The van der Waals surface area contributed by atoms with Gasteiger partial charge in [-0.05, 0) is 30.7 Å². The zero-order valence-electron chi connectivity index (χ0n) is 14.7. The fourth-order valence-corrected chi connectivity index (χ4v) is 5.85. The molecule has 0 spiro atoms. The van der Waals surface area contributed by atoms with Gasteiger partial charge in [-0.3, -0.25) is 4.79 Å². The Morgan fingerprint density at radius 1 is 1.15 bits per heavy atom. The van der Waals surface area contributed by atoms with Crippen LogP contribution in [0, 0.1) is 12.7 Å². The van der Waals surface area contributed by atoms with Crippen molar-refractivity contribution < 1.29 is 17.6 Å². The third-order valence-electron chi connectivity index (χ3n) is 5.18. The molecular weight excluding hydrogens is 371 g/mol. The number of halogens is 1. The van der Waals surface area contributed by atoms with E-state index in [2.05, 4.69) is 9.97 Å². The summed E-state index contributed by atoms with van der Waals surface area (Å²) in [6, 6.07) is 4.84. The van der Waals surface area contributed by atoms with Gasteiger partial charge in [0.25, 0.3) is 5.91 Å². The van der Waals surface area contributed by atoms with Crippen LogP contribution in [0.15, 0.2) is 36.7 Å². The van der Waals surface area contributed by atoms with Crippen molar-refractivity contribution in [2.75, 3.05) is 29.5 Å². The number of hydrogen-bond acceptors (Lipinski definition) is 6. The molecule has 0 unspecified atom stereocenters. The zero-order chi connectivity index (χ0) is 19.2. The quantitative estimate of drug-likeness (QED) is 0.762. The van der Waals surface area contributed by atoms with Crippen LogP contribution in [0.25, 0.3) is 0 Å². The van der Waals surface area contributed by atoms with Crippen molar-refractivity contribution in [3.05, 3.63) is 53.6 Å². The fourth-order valence-electron chi connectivity index (χ4n) is 3.87. The van der Waals surface area contributed by atoms with Gasteiger partial charge >= 0.3 is 0 Å². The molecule has 2 fully saturated rings. The Bertz CT molecular complexity index is 983. The third-order valence-corrected chi connectivity index (χ3v) is 6.87. The Labute approximate surface area is 156 Å². The number of nitrogens with zero attached hydrogens (tertiary/aromatic N) is 4. The van der Waals surface area contributed by atoms with Crippen molar-refractivity contribution in [3.63, 3.8) is 0 Å². The lowest BCUT2D eigenvalue weighted by Crippen LogP contribution is -2.61. The van der Waals surface area contributed by atoms with Crippen molar-refractivity contribution in [2.24, 2.45) is 0 Å². The first-order valence-electron chi connectivity index (χ1n) is 8.67. The number of aromatic nitrogens is 2. The smallest absolute Gasteiger partial charge is 0.254 e. The van der Waals surface area contributed by atoms with Crippen molar-refractivity contribution in [1.29, 1.82) is 0 Å². The second-order valence-electron chi connectivity index (χ2n) is 6.91. The summed E-state index contributed by atoms with van der Waals surface area (Å²) in [5.41, 5.74) is 0.926. The van der Waals surface area contributed by atoms with Crippen molar-refractivity contribution in [2.45, 2.75) is 19.0 Å². The molecule has 142 valence electrons. The molecular formula is C18H19FN4O3S. The number of rotatable bonds is 2. The standard InChI is InChI=1S/C18H19FN4O3S/c1-12-3-4-13(19)9-14(12)17(24)22-7-8-23(18-20-5-2-6-21-18)16-11-27(25,26)10-15(16)22/h2-6,9,15-16H,7-8,10-11H2,1H3/t15-,16+/m0/s1. The summed E-state index contributed by atoms with van der Waals surface area (Å²) < 4.78 is 38.3. The Kier molecular flexibility index (Phi) is 4.33. The number of carbonyl (C=O) groups excluding carboxylic acids is 1. The Morgan fingerprint density at radius 2 is 1.85 bits per heavy atom. The minimum Gasteiger partial charge on any atom is -0.333 e. The fraction of sp³-hybridized carbons (Fsp3) is 0.389. The molecule has 1 aromatic heterocycles. The molecule has 0 N–H and O–H groups in total. The first-order chi connectivity index (χ1) is 12.9. The minimum atomic E-state index is -3.30. The van der Waals surface area contributed by atoms with Gasteiger partial charge in [0.05, 0.1) is 23.6 Å². The van der Waals surface area contributed by atoms with E-state index in [0.717, 1.165) is 0 Å². The predicted octanol–water partition coefficient (Wildman–Crippen LogP) is 1.05. The van der Waals surface area contributed by atoms with Crippen LogP contribution in [0.4, 0.5) is 10.3 Å². The molecule has 2 saturated heterocycles. The molecule has 9 heteroatoms. The normalized spacial score (nSPS) is 23.9. The number of hydrogen-bond donors (Lipinski definition) is 0. The van der Waals surface area contributed by atoms with Gasteiger partial charge in [-0.2, -0.15) is 0 Å². The number of piperazine rings is 1. The molecule has 1 aromatic carbocycles. The number of carbonyl (C=O) groups is 1. The predicted molar refractivity (Wildman–Crippen MR) is 97.8 cm³/mol. The summed E-state index contributed by atoms with van der Waals surface area (Å²) in [4.78, 5) is 25.0. The number of fused-ring (bicyclic) bond motifs is 1. The van der Waals surface area contributed by atoms with Crippen molar-refractivity contribution in [1.82, 2.24) is 14.9 Å². The van der Waals surface area contributed by atoms with E-state index in [0.29, 0.717) is 24.6 Å². The van der Waals surface area contributed by atoms with Gasteiger partial charge < -0.3 is 9.80 Å². The minimum absolute atomic E-state index is 0.0537. The lowest BCUT2D eigenvalue weighted by atomic mass is 10.0. The van der Waals surface area contributed by atoms with Gasteiger partial charge in [0.15, 0.2) is 9.84 Å². The van der Waals surface area contributed by atoms with Gasteiger partial charge in [-0.25, -0.2) is 22.8 Å². The molecule has 2 aliphatic rings. The van der Waals surface area contributed by atoms with Crippen LogP contribution in [-0.2, 0) is 9.84 Å². The van der Waals surface area contributed by atoms with E-state index >= 15 is 0 Å². The van der Waals surface area contributed by atoms with Gasteiger partial charge in [-0.1, -0.05) is 6.07 Å². The lowest BCUT2D eigenvalue weighted by molar-refractivity contribution is 0.0646. The van der Waals surface area contributed by atoms with Crippen LogP contribution in [0.5, 0.6) is 0 Å². The molecule has 0 saturated carbocycles. The van der Waals surface area contributed by atoms with E-state index in [-0.39, 0.29) is 23.0 Å². The highest BCUT2D eigenvalue weighted by Crippen LogP contribution is 2.30. The summed E-state index contributed by atoms with van der Waals surface area (Å²) in [6.07, 6.45) is 3.21. The SMILES string of the molecule is Cc1ccc(F)cc1C(=O)N1CCN(c2ncccn2)[C@@H]2CS(=O)(=O)C[C@@H]21. The first-order valence-corrected chi connectivity index (χ1v) is 10.5. The van der Waals surface area contributed by atoms with E-state index in [1.54, 1.807) is 36.4 Å². The van der Waals surface area contributed by atoms with E-state index < -0.39 is 27.7 Å². The Hall–Kier alpha value is -2.55. The maximum atomic E-state index is 13.7. The number of amides is 1. The summed E-state index contributed by atoms with van der Waals surface area (Å²) >= 11 is 0. The maximum Gasteiger partial charge on any atom is 0.254 e. The highest BCUT2D eigenvalue weighted by atomic mass is 32.2. The summed E-state index contributed by atoms with van der Waals surface area (Å²) in [6.45, 7) is 2.48. The van der Waals surface area contributed by atoms with Crippen LogP contribution in [0.2, 0.25) is 0 Å². The Balaban J connectivity index is 1.69. The van der Waals surface area contributed by atoms with Crippen LogP contribution < -0.4 is 4.90 Å². The zero-order valence-corrected chi connectivity index (χ0v) is 15.6. The molecule has 7 nitrogen and oxygen atoms in total. The van der Waals surface area contributed by atoms with E-state index in [9.17, 15) is 17.6 Å². The second kappa shape index (κ2) is 6.56. The maximum absolute atomic E-state index is 13.7. The Morgan fingerprint density at radius 3 is 2.59 bits per heavy atom. The van der Waals surface area contributed by atoms with Gasteiger partial charge in [0.1, 0.15) is 5.82 Å². The van der Waals surface area contributed by atoms with E-state index in [1.165, 1.54) is 12.1 Å². The topological polar surface area (TPSA) is 83.5 Å². The second-order valence-corrected chi connectivity index (χ2v) is 9.07. The molecule has 3 heterocycles. The number of anilines is 1. The molecule has 2 aromatic rings. The molecule has 0 radical (unpaired) electrons. The molecule has 0 aliphatic carbocycles. The van der Waals surface area contributed by atoms with Gasteiger partial charge in [-0.15, -0.1) is 0 Å². The van der Waals surface area contributed by atoms with Crippen LogP contribution >= 0.6 is 0 Å². The number of benzene rings is 1. The van der Waals surface area contributed by atoms with Crippen molar-refractivity contribution in [3.8, 4) is 0 Å². The first kappa shape index (κ1) is 17.8. The van der Waals surface area contributed by atoms with Gasteiger partial charge in [0, 0.05) is 31.0 Å². The molecule has 0 bridgehead atoms. The lowest BCUT2D eigenvalue weighted by Gasteiger charge is -2.44. The molecule has 2 aliphatic heterocycles. The summed E-state index contributed by atoms with van der Waals surface area (Å²) in [7, 11) is -3.30. The number of sulfone groups is 1. The molecule has 1 amide bonds. The molecule has 2 atom stereocenters. The van der Waals surface area contributed by atoms with Crippen LogP contribution in [-0.4, -0.2) is 65.9 Å². The van der Waals surface area contributed by atoms with Gasteiger partial charge in [0.2, 0.25) is 5.95 Å². The molecule has 27 heavy (non-hydrogen) atoms. The van der Waals surface area contributed by atoms with Crippen molar-refractivity contribution >= 4 is 21.7 Å². The average Bonchev–Trinajstić information content (AvgIpc) is 2.98. The summed E-state index contributed by atoms with van der Waals surface area (Å²) in [5.74, 6) is -0.537. The van der Waals surface area contributed by atoms with Crippen LogP contribution in [0.3, 0.4) is 0 Å². The van der Waals surface area contributed by atoms with Crippen LogP contribution in [0.1, 0.15) is 15.9 Å². The summed E-state index contributed by atoms with van der Waals surface area (Å²) in [5, 5.41) is 0. The monoisotopic (exact) mass is 390 g/mol. The largest absolute Gasteiger partial charge is 0.333 e. The average molecular weight is 390 g/mol.